The molecule has 1 aromatic carbocycles. The first-order valence-corrected chi connectivity index (χ1v) is 6.84. The first-order chi connectivity index (χ1) is 8.47. The van der Waals surface area contributed by atoms with Gasteiger partial charge in [-0.15, -0.1) is 0 Å². The zero-order valence-electron chi connectivity index (χ0n) is 8.88. The van der Waals surface area contributed by atoms with Crippen molar-refractivity contribution in [3.63, 3.8) is 0 Å². The Bertz CT molecular complexity index is 872. The van der Waals surface area contributed by atoms with Crippen molar-refractivity contribution in [3.05, 3.63) is 29.7 Å². The van der Waals surface area contributed by atoms with E-state index in [4.69, 9.17) is 16.7 Å². The highest BCUT2D eigenvalue weighted by molar-refractivity contribution is 7.89. The van der Waals surface area contributed by atoms with Crippen LogP contribution in [0.25, 0.3) is 21.9 Å². The van der Waals surface area contributed by atoms with E-state index in [2.05, 4.69) is 15.0 Å². The van der Waals surface area contributed by atoms with Crippen LogP contribution in [-0.4, -0.2) is 23.4 Å². The number of primary sulfonamides is 1. The van der Waals surface area contributed by atoms with Crippen molar-refractivity contribution < 1.29 is 8.42 Å². The number of sulfonamides is 1. The quantitative estimate of drug-likeness (QED) is 0.659. The van der Waals surface area contributed by atoms with Gasteiger partial charge in [-0.3, -0.25) is 0 Å². The second kappa shape index (κ2) is 3.64. The van der Waals surface area contributed by atoms with E-state index in [1.54, 1.807) is 6.07 Å². The van der Waals surface area contributed by atoms with Gasteiger partial charge >= 0.3 is 0 Å². The molecule has 92 valence electrons. The molecule has 6 nitrogen and oxygen atoms in total. The van der Waals surface area contributed by atoms with Gasteiger partial charge in [0, 0.05) is 10.9 Å². The molecule has 2 aromatic heterocycles. The highest BCUT2D eigenvalue weighted by Crippen LogP contribution is 2.28. The molecular weight excluding hydrogens is 276 g/mol. The molecule has 0 fully saturated rings. The number of aromatic amines is 1. The summed E-state index contributed by atoms with van der Waals surface area (Å²) < 4.78 is 22.6. The Hall–Kier alpha value is -1.70. The topological polar surface area (TPSA) is 102 Å². The lowest BCUT2D eigenvalue weighted by molar-refractivity contribution is 0.598. The van der Waals surface area contributed by atoms with Crippen LogP contribution in [0.1, 0.15) is 0 Å². The lowest BCUT2D eigenvalue weighted by Gasteiger charge is -1.97. The molecule has 3 rings (SSSR count). The average Bonchev–Trinajstić information content (AvgIpc) is 2.67. The van der Waals surface area contributed by atoms with E-state index >= 15 is 0 Å². The van der Waals surface area contributed by atoms with Gasteiger partial charge < -0.3 is 4.98 Å². The Kier molecular flexibility index (Phi) is 2.31. The molecule has 0 spiro atoms. The molecule has 0 aliphatic carbocycles. The minimum Gasteiger partial charge on any atom is -0.351 e. The minimum atomic E-state index is -3.74. The maximum absolute atomic E-state index is 11.3. The first-order valence-electron chi connectivity index (χ1n) is 4.91. The first kappa shape index (κ1) is 11.4. The maximum Gasteiger partial charge on any atom is 0.238 e. The molecule has 0 bridgehead atoms. The second-order valence-electron chi connectivity index (χ2n) is 3.77. The highest BCUT2D eigenvalue weighted by atomic mass is 35.5. The number of hydrogen-bond donors (Lipinski definition) is 2. The van der Waals surface area contributed by atoms with Crippen molar-refractivity contribution in [3.8, 4) is 0 Å². The molecule has 0 radical (unpaired) electrons. The number of hydrogen-bond acceptors (Lipinski definition) is 4. The summed E-state index contributed by atoms with van der Waals surface area (Å²) >= 11 is 5.93. The molecular formula is C10H7ClN4O2S. The minimum absolute atomic E-state index is 0.0330. The molecule has 0 unspecified atom stereocenters. The molecule has 18 heavy (non-hydrogen) atoms. The van der Waals surface area contributed by atoms with Gasteiger partial charge in [0.1, 0.15) is 17.4 Å². The summed E-state index contributed by atoms with van der Waals surface area (Å²) in [7, 11) is -3.74. The maximum atomic E-state index is 11.3. The molecule has 2 heterocycles. The smallest absolute Gasteiger partial charge is 0.238 e. The van der Waals surface area contributed by atoms with E-state index in [0.717, 1.165) is 5.52 Å². The van der Waals surface area contributed by atoms with E-state index in [0.29, 0.717) is 16.4 Å². The zero-order chi connectivity index (χ0) is 12.9. The molecule has 0 amide bonds. The summed E-state index contributed by atoms with van der Waals surface area (Å²) in [6, 6.07) is 4.51. The van der Waals surface area contributed by atoms with Crippen molar-refractivity contribution >= 4 is 43.6 Å². The summed E-state index contributed by atoms with van der Waals surface area (Å²) in [5.41, 5.74) is 1.86. The third kappa shape index (κ3) is 1.64. The summed E-state index contributed by atoms with van der Waals surface area (Å²) in [4.78, 5) is 11.0. The van der Waals surface area contributed by atoms with Crippen LogP contribution in [0.5, 0.6) is 0 Å². The number of nitrogens with zero attached hydrogens (tertiary/aromatic N) is 2. The number of rotatable bonds is 1. The van der Waals surface area contributed by atoms with Crippen LogP contribution in [0.15, 0.2) is 29.4 Å². The predicted octanol–water partition coefficient (Wildman–Crippen LogP) is 1.41. The van der Waals surface area contributed by atoms with Gasteiger partial charge in [-0.2, -0.15) is 0 Å². The van der Waals surface area contributed by atoms with Crippen LogP contribution in [0.3, 0.4) is 0 Å². The summed E-state index contributed by atoms with van der Waals surface area (Å²) in [6.07, 6.45) is 1.32. The Morgan fingerprint density at radius 3 is 2.78 bits per heavy atom. The van der Waals surface area contributed by atoms with E-state index in [1.165, 1.54) is 18.5 Å². The second-order valence-corrected chi connectivity index (χ2v) is 5.68. The molecule has 0 saturated carbocycles. The van der Waals surface area contributed by atoms with Crippen molar-refractivity contribution in [2.75, 3.05) is 0 Å². The molecule has 3 N–H and O–H groups in total. The van der Waals surface area contributed by atoms with Gasteiger partial charge in [-0.1, -0.05) is 11.6 Å². The fourth-order valence-electron chi connectivity index (χ4n) is 1.82. The Morgan fingerprint density at radius 2 is 2.06 bits per heavy atom. The number of H-pyrrole nitrogens is 1. The van der Waals surface area contributed by atoms with Gasteiger partial charge in [-0.25, -0.2) is 23.5 Å². The van der Waals surface area contributed by atoms with Gasteiger partial charge in [0.15, 0.2) is 5.15 Å². The number of nitrogens with two attached hydrogens (primary N) is 1. The van der Waals surface area contributed by atoms with Crippen LogP contribution in [-0.2, 0) is 10.0 Å². The molecule has 0 aliphatic heterocycles. The lowest BCUT2D eigenvalue weighted by Crippen LogP contribution is -2.11. The van der Waals surface area contributed by atoms with Crippen LogP contribution >= 0.6 is 11.6 Å². The Morgan fingerprint density at radius 1 is 1.28 bits per heavy atom. The summed E-state index contributed by atoms with van der Waals surface area (Å²) in [5.74, 6) is 0. The Labute approximate surface area is 107 Å². The Balaban J connectivity index is 2.47. The van der Waals surface area contributed by atoms with Crippen LogP contribution in [0.2, 0.25) is 5.15 Å². The van der Waals surface area contributed by atoms with Gasteiger partial charge in [0.25, 0.3) is 0 Å². The zero-order valence-corrected chi connectivity index (χ0v) is 10.5. The summed E-state index contributed by atoms with van der Waals surface area (Å²) in [5, 5.41) is 6.02. The summed E-state index contributed by atoms with van der Waals surface area (Å²) in [6.45, 7) is 0. The van der Waals surface area contributed by atoms with Gasteiger partial charge in [0.2, 0.25) is 10.0 Å². The van der Waals surface area contributed by atoms with Crippen molar-refractivity contribution in [1.82, 2.24) is 15.0 Å². The van der Waals surface area contributed by atoms with E-state index in [9.17, 15) is 8.42 Å². The molecule has 3 aromatic rings. The van der Waals surface area contributed by atoms with Crippen LogP contribution in [0.4, 0.5) is 0 Å². The standard InChI is InChI=1S/C10H7ClN4O2S/c11-10-9-8(13-4-14-10)6-3-5(18(12,16)17)1-2-7(6)15-9/h1-4,15H,(H2,12,16,17). The normalized spacial score (nSPS) is 12.3. The van der Waals surface area contributed by atoms with Crippen molar-refractivity contribution in [1.29, 1.82) is 0 Å². The highest BCUT2D eigenvalue weighted by Gasteiger charge is 2.13. The van der Waals surface area contributed by atoms with Crippen molar-refractivity contribution in [2.45, 2.75) is 4.90 Å². The molecule has 0 atom stereocenters. The SMILES string of the molecule is NS(=O)(=O)c1ccc2[nH]c3c(Cl)ncnc3c2c1. The fourth-order valence-corrected chi connectivity index (χ4v) is 2.54. The number of aromatic nitrogens is 3. The third-order valence-corrected chi connectivity index (χ3v) is 3.83. The van der Waals surface area contributed by atoms with E-state index in [-0.39, 0.29) is 10.0 Å². The molecule has 0 aliphatic rings. The third-order valence-electron chi connectivity index (χ3n) is 2.64. The lowest BCUT2D eigenvalue weighted by atomic mass is 10.2. The monoisotopic (exact) mass is 282 g/mol. The fraction of sp³-hybridized carbons (Fsp3) is 0. The molecule has 8 heteroatoms. The van der Waals surface area contributed by atoms with E-state index < -0.39 is 10.0 Å². The largest absolute Gasteiger partial charge is 0.351 e. The number of benzene rings is 1. The molecule has 0 saturated heterocycles. The average molecular weight is 283 g/mol. The number of nitrogens with one attached hydrogen (secondary N) is 1. The van der Waals surface area contributed by atoms with Gasteiger partial charge in [0.05, 0.1) is 4.90 Å². The van der Waals surface area contributed by atoms with Crippen LogP contribution < -0.4 is 5.14 Å². The predicted molar refractivity (Wildman–Crippen MR) is 67.8 cm³/mol. The van der Waals surface area contributed by atoms with E-state index in [1.807, 2.05) is 0 Å². The van der Waals surface area contributed by atoms with Crippen molar-refractivity contribution in [2.24, 2.45) is 5.14 Å². The number of halogens is 1. The van der Waals surface area contributed by atoms with Crippen LogP contribution in [0, 0.1) is 0 Å². The van der Waals surface area contributed by atoms with Gasteiger partial charge in [-0.05, 0) is 18.2 Å². The number of fused-ring (bicyclic) bond motifs is 3.